The van der Waals surface area contributed by atoms with Gasteiger partial charge in [-0.25, -0.2) is 28.9 Å². The van der Waals surface area contributed by atoms with Gasteiger partial charge >= 0.3 is 6.03 Å². The van der Waals surface area contributed by atoms with Gasteiger partial charge in [0.15, 0.2) is 11.6 Å². The van der Waals surface area contributed by atoms with E-state index in [9.17, 15) is 27.2 Å². The SMILES string of the molecule is [C-]#[N+]C1(c2ccc(F)cc2F)CCN(CCCNC(=O)C2=C(C)N(C)C(=O)N[C@@H]2c2ccc(F)c(F)c2)CC1. The minimum absolute atomic E-state index is 0.217. The lowest BCUT2D eigenvalue weighted by atomic mass is 9.81. The quantitative estimate of drug-likeness (QED) is 0.304. The predicted octanol–water partition coefficient (Wildman–Crippen LogP) is 4.63. The third-order valence-electron chi connectivity index (χ3n) is 7.54. The first-order valence-electron chi connectivity index (χ1n) is 12.6. The topological polar surface area (TPSA) is 69.0 Å². The summed E-state index contributed by atoms with van der Waals surface area (Å²) in [5.74, 6) is -3.94. The van der Waals surface area contributed by atoms with Gasteiger partial charge in [0.1, 0.15) is 11.6 Å². The Hall–Kier alpha value is -3.91. The number of urea groups is 1. The zero-order valence-electron chi connectivity index (χ0n) is 21.7. The fraction of sp³-hybridized carbons (Fsp3) is 0.393. The molecule has 4 rings (SSSR count). The molecule has 2 heterocycles. The number of carbonyl (C=O) groups excluding carboxylic acids is 2. The molecule has 2 aliphatic rings. The summed E-state index contributed by atoms with van der Waals surface area (Å²) < 4.78 is 55.1. The Labute approximate surface area is 224 Å². The third kappa shape index (κ3) is 5.76. The smallest absolute Gasteiger partial charge is 0.322 e. The zero-order chi connectivity index (χ0) is 28.3. The summed E-state index contributed by atoms with van der Waals surface area (Å²) in [6.45, 7) is 11.3. The second-order valence-corrected chi connectivity index (χ2v) is 9.83. The summed E-state index contributed by atoms with van der Waals surface area (Å²) >= 11 is 0. The molecule has 206 valence electrons. The van der Waals surface area contributed by atoms with Gasteiger partial charge in [0.25, 0.3) is 11.4 Å². The number of benzene rings is 2. The molecule has 2 N–H and O–H groups in total. The van der Waals surface area contributed by atoms with E-state index in [4.69, 9.17) is 6.57 Å². The molecule has 0 aliphatic carbocycles. The Balaban J connectivity index is 1.35. The number of allylic oxidation sites excluding steroid dienone is 1. The van der Waals surface area contributed by atoms with Gasteiger partial charge in [-0.05, 0) is 49.7 Å². The van der Waals surface area contributed by atoms with Gasteiger partial charge in [-0.15, -0.1) is 0 Å². The van der Waals surface area contributed by atoms with E-state index in [-0.39, 0.29) is 16.7 Å². The summed E-state index contributed by atoms with van der Waals surface area (Å²) in [5.41, 5.74) is 0.0529. The molecule has 7 nitrogen and oxygen atoms in total. The van der Waals surface area contributed by atoms with Crippen molar-refractivity contribution in [3.8, 4) is 0 Å². The van der Waals surface area contributed by atoms with Crippen LogP contribution in [0.1, 0.15) is 43.4 Å². The monoisotopic (exact) mass is 543 g/mol. The molecule has 0 aromatic heterocycles. The maximum absolute atomic E-state index is 14.4. The standard InChI is InChI=1S/C28H29F4N5O2/c1-17-24(25(35-27(39)36(17)3)18-5-8-21(30)23(32)15-18)26(38)34-11-4-12-37-13-9-28(33-2,10-14-37)20-7-6-19(29)16-22(20)31/h5-8,15-16,25H,4,9-14H2,1,3H3,(H,34,38)(H,35,39)/t25-/m1/s1. The van der Waals surface area contributed by atoms with E-state index in [1.54, 1.807) is 6.92 Å². The van der Waals surface area contributed by atoms with E-state index < -0.39 is 46.8 Å². The van der Waals surface area contributed by atoms with Gasteiger partial charge in [-0.1, -0.05) is 6.07 Å². The van der Waals surface area contributed by atoms with Crippen LogP contribution < -0.4 is 10.6 Å². The molecule has 0 unspecified atom stereocenters. The van der Waals surface area contributed by atoms with Crippen molar-refractivity contribution in [3.63, 3.8) is 0 Å². The summed E-state index contributed by atoms with van der Waals surface area (Å²) in [4.78, 5) is 32.7. The highest BCUT2D eigenvalue weighted by atomic mass is 19.2. The fourth-order valence-corrected chi connectivity index (χ4v) is 5.13. The molecular weight excluding hydrogens is 514 g/mol. The van der Waals surface area contributed by atoms with E-state index in [0.717, 1.165) is 18.2 Å². The van der Waals surface area contributed by atoms with Crippen molar-refractivity contribution in [2.75, 3.05) is 33.2 Å². The number of likely N-dealkylation sites (tertiary alicyclic amines) is 1. The largest absolute Gasteiger partial charge is 0.352 e. The van der Waals surface area contributed by atoms with Crippen molar-refractivity contribution in [2.24, 2.45) is 0 Å². The average molecular weight is 544 g/mol. The van der Waals surface area contributed by atoms with Crippen molar-refractivity contribution in [2.45, 2.75) is 37.8 Å². The molecule has 39 heavy (non-hydrogen) atoms. The van der Waals surface area contributed by atoms with Crippen molar-refractivity contribution in [1.29, 1.82) is 0 Å². The van der Waals surface area contributed by atoms with Gasteiger partial charge in [0.2, 0.25) is 0 Å². The molecule has 0 saturated carbocycles. The zero-order valence-corrected chi connectivity index (χ0v) is 21.7. The Morgan fingerprint density at radius 1 is 1.10 bits per heavy atom. The molecule has 0 bridgehead atoms. The molecule has 0 spiro atoms. The van der Waals surface area contributed by atoms with Crippen LogP contribution >= 0.6 is 0 Å². The second kappa shape index (κ2) is 11.5. The summed E-state index contributed by atoms with van der Waals surface area (Å²) in [6.07, 6.45) is 1.39. The molecule has 1 fully saturated rings. The molecule has 1 atom stereocenters. The van der Waals surface area contributed by atoms with Crippen LogP contribution in [0.3, 0.4) is 0 Å². The van der Waals surface area contributed by atoms with Crippen molar-refractivity contribution < 1.29 is 27.2 Å². The normalized spacial score (nSPS) is 19.5. The predicted molar refractivity (Wildman–Crippen MR) is 136 cm³/mol. The second-order valence-electron chi connectivity index (χ2n) is 9.83. The Morgan fingerprint density at radius 2 is 1.82 bits per heavy atom. The number of nitrogens with one attached hydrogen (secondary N) is 2. The first kappa shape index (κ1) is 28.1. The van der Waals surface area contributed by atoms with Gasteiger partial charge in [-0.2, -0.15) is 0 Å². The molecule has 2 aliphatic heterocycles. The lowest BCUT2D eigenvalue weighted by Gasteiger charge is -2.34. The minimum atomic E-state index is -1.08. The van der Waals surface area contributed by atoms with Crippen molar-refractivity contribution >= 4 is 11.9 Å². The molecular formula is C28H29F4N5O2. The number of halogens is 4. The lowest BCUT2D eigenvalue weighted by Crippen LogP contribution is -2.48. The van der Waals surface area contributed by atoms with E-state index in [2.05, 4.69) is 20.4 Å². The number of nitrogens with zero attached hydrogens (tertiary/aromatic N) is 3. The van der Waals surface area contributed by atoms with E-state index in [0.29, 0.717) is 51.1 Å². The number of rotatable bonds is 7. The Morgan fingerprint density at radius 3 is 2.46 bits per heavy atom. The molecule has 0 radical (unpaired) electrons. The van der Waals surface area contributed by atoms with Crippen LogP contribution in [0.15, 0.2) is 47.7 Å². The van der Waals surface area contributed by atoms with Gasteiger partial charge in [0.05, 0.1) is 17.2 Å². The molecule has 11 heteroatoms. The maximum atomic E-state index is 14.4. The first-order valence-corrected chi connectivity index (χ1v) is 12.6. The van der Waals surface area contributed by atoms with Crippen LogP contribution in [0.4, 0.5) is 22.4 Å². The van der Waals surface area contributed by atoms with Crippen LogP contribution in [0.5, 0.6) is 0 Å². The molecule has 2 aromatic rings. The Bertz CT molecular complexity index is 1350. The number of hydrogen-bond donors (Lipinski definition) is 2. The fourth-order valence-electron chi connectivity index (χ4n) is 5.13. The minimum Gasteiger partial charge on any atom is -0.352 e. The van der Waals surface area contributed by atoms with Crippen LogP contribution in [0.25, 0.3) is 4.85 Å². The highest BCUT2D eigenvalue weighted by Crippen LogP contribution is 2.38. The molecule has 2 aromatic carbocycles. The average Bonchev–Trinajstić information content (AvgIpc) is 2.91. The van der Waals surface area contributed by atoms with Gasteiger partial charge in [-0.3, -0.25) is 4.79 Å². The van der Waals surface area contributed by atoms with E-state index in [1.807, 2.05) is 0 Å². The maximum Gasteiger partial charge on any atom is 0.322 e. The summed E-state index contributed by atoms with van der Waals surface area (Å²) in [6, 6.07) is 5.15. The van der Waals surface area contributed by atoms with Gasteiger partial charge < -0.3 is 25.3 Å². The summed E-state index contributed by atoms with van der Waals surface area (Å²) in [5, 5.41) is 5.51. The van der Waals surface area contributed by atoms with Crippen LogP contribution in [-0.2, 0) is 10.3 Å². The van der Waals surface area contributed by atoms with Crippen LogP contribution in [-0.4, -0.2) is 55.0 Å². The summed E-state index contributed by atoms with van der Waals surface area (Å²) in [7, 11) is 1.51. The van der Waals surface area contributed by atoms with E-state index in [1.165, 1.54) is 30.1 Å². The van der Waals surface area contributed by atoms with E-state index >= 15 is 0 Å². The Kier molecular flexibility index (Phi) is 8.25. The highest BCUT2D eigenvalue weighted by molar-refractivity contribution is 5.98. The molecule has 3 amide bonds. The number of carbonyl (C=O) groups is 2. The number of amides is 3. The number of piperidine rings is 1. The first-order chi connectivity index (χ1) is 18.6. The highest BCUT2D eigenvalue weighted by Gasteiger charge is 2.44. The van der Waals surface area contributed by atoms with Gasteiger partial charge in [0, 0.05) is 51.3 Å². The van der Waals surface area contributed by atoms with Crippen LogP contribution in [0, 0.1) is 29.8 Å². The number of hydrogen-bond acceptors (Lipinski definition) is 3. The van der Waals surface area contributed by atoms with Crippen LogP contribution in [0.2, 0.25) is 0 Å². The third-order valence-corrected chi connectivity index (χ3v) is 7.54. The lowest BCUT2D eigenvalue weighted by molar-refractivity contribution is -0.118. The van der Waals surface area contributed by atoms with Crippen molar-refractivity contribution in [1.82, 2.24) is 20.4 Å². The van der Waals surface area contributed by atoms with Crippen molar-refractivity contribution in [3.05, 3.63) is 93.5 Å². The molecule has 1 saturated heterocycles.